The van der Waals surface area contributed by atoms with Gasteiger partial charge in [-0.1, -0.05) is 26.3 Å². The molecule has 0 radical (unpaired) electrons. The molecule has 0 fully saturated rings. The van der Waals surface area contributed by atoms with Crippen LogP contribution in [0.25, 0.3) is 0 Å². The first kappa shape index (κ1) is 11.4. The molecule has 0 aliphatic rings. The van der Waals surface area contributed by atoms with Crippen molar-refractivity contribution in [1.29, 1.82) is 0 Å². The molecule has 0 aliphatic heterocycles. The molecule has 0 atom stereocenters. The molecule has 0 bridgehead atoms. The summed E-state index contributed by atoms with van der Waals surface area (Å²) in [6.45, 7) is 6.73. The Labute approximate surface area is 76.6 Å². The van der Waals surface area contributed by atoms with Crippen LogP contribution >= 0.6 is 0 Å². The van der Waals surface area contributed by atoms with Crippen LogP contribution in [0.4, 0.5) is 0 Å². The second kappa shape index (κ2) is 7.08. The minimum atomic E-state index is 0.804. The Kier molecular flexibility index (Phi) is 6.73. The van der Waals surface area contributed by atoms with Gasteiger partial charge >= 0.3 is 0 Å². The standard InChI is InChI=1S/C11H21N/c1-5-11(8-9-12-4)7-6-10(2)3/h8-10H,5-7H2,1-4H3/b11-8+,12-9?. The maximum Gasteiger partial charge on any atom is 0.0277 e. The lowest BCUT2D eigenvalue weighted by atomic mass is 10.0. The molecule has 0 aromatic rings. The van der Waals surface area contributed by atoms with Crippen molar-refractivity contribution < 1.29 is 0 Å². The predicted octanol–water partition coefficient (Wildman–Crippen LogP) is 3.46. The number of allylic oxidation sites excluding steroid dienone is 2. The molecular formula is C11H21N. The summed E-state index contributed by atoms with van der Waals surface area (Å²) in [4.78, 5) is 3.95. The summed E-state index contributed by atoms with van der Waals surface area (Å²) in [6, 6.07) is 0. The van der Waals surface area contributed by atoms with Crippen LogP contribution in [0, 0.1) is 5.92 Å². The fourth-order valence-corrected chi connectivity index (χ4v) is 1.03. The second-order valence-electron chi connectivity index (χ2n) is 3.52. The Morgan fingerprint density at radius 3 is 2.50 bits per heavy atom. The minimum Gasteiger partial charge on any atom is -0.297 e. The van der Waals surface area contributed by atoms with E-state index in [9.17, 15) is 0 Å². The van der Waals surface area contributed by atoms with Gasteiger partial charge in [-0.3, -0.25) is 4.99 Å². The Morgan fingerprint density at radius 2 is 2.08 bits per heavy atom. The molecule has 0 N–H and O–H groups in total. The predicted molar refractivity (Wildman–Crippen MR) is 56.9 cm³/mol. The molecule has 70 valence electrons. The quantitative estimate of drug-likeness (QED) is 0.556. The fraction of sp³-hybridized carbons (Fsp3) is 0.727. The summed E-state index contributed by atoms with van der Waals surface area (Å²) in [6.07, 6.45) is 7.69. The van der Waals surface area contributed by atoms with Gasteiger partial charge in [0.1, 0.15) is 0 Å². The largest absolute Gasteiger partial charge is 0.297 e. The molecule has 0 saturated heterocycles. The third-order valence-corrected chi connectivity index (χ3v) is 1.96. The Morgan fingerprint density at radius 1 is 1.42 bits per heavy atom. The molecule has 0 saturated carbocycles. The van der Waals surface area contributed by atoms with Gasteiger partial charge in [0.15, 0.2) is 0 Å². The zero-order valence-electron chi connectivity index (χ0n) is 8.80. The average Bonchev–Trinajstić information content (AvgIpc) is 2.05. The van der Waals surface area contributed by atoms with E-state index in [-0.39, 0.29) is 0 Å². The van der Waals surface area contributed by atoms with Gasteiger partial charge in [-0.2, -0.15) is 0 Å². The van der Waals surface area contributed by atoms with E-state index in [1.54, 1.807) is 0 Å². The Balaban J connectivity index is 3.82. The van der Waals surface area contributed by atoms with Crippen molar-refractivity contribution in [3.8, 4) is 0 Å². The van der Waals surface area contributed by atoms with Gasteiger partial charge in [0.05, 0.1) is 0 Å². The molecule has 0 rings (SSSR count). The maximum absolute atomic E-state index is 3.95. The number of hydrogen-bond acceptors (Lipinski definition) is 1. The topological polar surface area (TPSA) is 12.4 Å². The summed E-state index contributed by atoms with van der Waals surface area (Å²) < 4.78 is 0. The molecule has 0 aliphatic carbocycles. The van der Waals surface area contributed by atoms with Crippen molar-refractivity contribution in [2.24, 2.45) is 10.9 Å². The highest BCUT2D eigenvalue weighted by atomic mass is 14.6. The van der Waals surface area contributed by atoms with Crippen molar-refractivity contribution in [2.75, 3.05) is 7.05 Å². The summed E-state index contributed by atoms with van der Waals surface area (Å²) in [5.41, 5.74) is 1.51. The van der Waals surface area contributed by atoms with Gasteiger partial charge < -0.3 is 0 Å². The molecule has 1 heteroatoms. The van der Waals surface area contributed by atoms with Crippen LogP contribution in [0.3, 0.4) is 0 Å². The molecule has 12 heavy (non-hydrogen) atoms. The zero-order valence-corrected chi connectivity index (χ0v) is 8.80. The van der Waals surface area contributed by atoms with Crippen LogP contribution in [0.15, 0.2) is 16.6 Å². The maximum atomic E-state index is 3.95. The highest BCUT2D eigenvalue weighted by Gasteiger charge is 1.96. The normalized spacial score (nSPS) is 13.2. The third-order valence-electron chi connectivity index (χ3n) is 1.96. The van der Waals surface area contributed by atoms with Gasteiger partial charge in [0, 0.05) is 13.3 Å². The summed E-state index contributed by atoms with van der Waals surface area (Å²) in [5, 5.41) is 0. The van der Waals surface area contributed by atoms with Gasteiger partial charge in [-0.25, -0.2) is 0 Å². The van der Waals surface area contributed by atoms with E-state index in [1.165, 1.54) is 18.4 Å². The van der Waals surface area contributed by atoms with E-state index in [0.29, 0.717) is 0 Å². The Hall–Kier alpha value is -0.590. The zero-order chi connectivity index (χ0) is 9.40. The molecule has 0 spiro atoms. The molecule has 0 aromatic carbocycles. The minimum absolute atomic E-state index is 0.804. The first-order valence-corrected chi connectivity index (χ1v) is 4.80. The third kappa shape index (κ3) is 6.14. The van der Waals surface area contributed by atoms with Gasteiger partial charge in [0.2, 0.25) is 0 Å². The highest BCUT2D eigenvalue weighted by Crippen LogP contribution is 2.13. The van der Waals surface area contributed by atoms with Crippen molar-refractivity contribution in [1.82, 2.24) is 0 Å². The van der Waals surface area contributed by atoms with E-state index < -0.39 is 0 Å². The van der Waals surface area contributed by atoms with Gasteiger partial charge in [-0.05, 0) is 31.3 Å². The van der Waals surface area contributed by atoms with Crippen LogP contribution in [0.2, 0.25) is 0 Å². The SMILES string of the molecule is CC/C(=C\C=NC)CCC(C)C. The van der Waals surface area contributed by atoms with Crippen LogP contribution in [0.5, 0.6) is 0 Å². The lowest BCUT2D eigenvalue weighted by Gasteiger charge is -2.05. The number of hydrogen-bond donors (Lipinski definition) is 0. The lowest BCUT2D eigenvalue weighted by molar-refractivity contribution is 0.580. The first-order chi connectivity index (χ1) is 5.70. The number of nitrogens with zero attached hydrogens (tertiary/aromatic N) is 1. The Bertz CT molecular complexity index is 154. The van der Waals surface area contributed by atoms with Crippen molar-refractivity contribution in [3.05, 3.63) is 11.6 Å². The van der Waals surface area contributed by atoms with Gasteiger partial charge in [0.25, 0.3) is 0 Å². The van der Waals surface area contributed by atoms with Crippen LogP contribution in [-0.4, -0.2) is 13.3 Å². The highest BCUT2D eigenvalue weighted by molar-refractivity contribution is 5.71. The van der Waals surface area contributed by atoms with Crippen LogP contribution < -0.4 is 0 Å². The van der Waals surface area contributed by atoms with Gasteiger partial charge in [-0.15, -0.1) is 0 Å². The van der Waals surface area contributed by atoms with Crippen LogP contribution in [-0.2, 0) is 0 Å². The first-order valence-electron chi connectivity index (χ1n) is 4.80. The molecule has 0 amide bonds. The lowest BCUT2D eigenvalue weighted by Crippen LogP contribution is -1.90. The fourth-order valence-electron chi connectivity index (χ4n) is 1.03. The van der Waals surface area contributed by atoms with E-state index in [0.717, 1.165) is 12.3 Å². The average molecular weight is 167 g/mol. The van der Waals surface area contributed by atoms with Crippen molar-refractivity contribution in [3.63, 3.8) is 0 Å². The van der Waals surface area contributed by atoms with E-state index in [4.69, 9.17) is 0 Å². The smallest absolute Gasteiger partial charge is 0.0277 e. The molecule has 1 nitrogen and oxygen atoms in total. The van der Waals surface area contributed by atoms with Crippen molar-refractivity contribution in [2.45, 2.75) is 40.0 Å². The summed E-state index contributed by atoms with van der Waals surface area (Å²) in [5.74, 6) is 0.804. The van der Waals surface area contributed by atoms with E-state index >= 15 is 0 Å². The monoisotopic (exact) mass is 167 g/mol. The van der Waals surface area contributed by atoms with E-state index in [2.05, 4.69) is 31.8 Å². The molecule has 0 heterocycles. The van der Waals surface area contributed by atoms with Crippen molar-refractivity contribution >= 4 is 6.21 Å². The molecular weight excluding hydrogens is 146 g/mol. The summed E-state index contributed by atoms with van der Waals surface area (Å²) in [7, 11) is 1.81. The molecule has 0 aromatic heterocycles. The second-order valence-corrected chi connectivity index (χ2v) is 3.52. The van der Waals surface area contributed by atoms with E-state index in [1.807, 2.05) is 13.3 Å². The van der Waals surface area contributed by atoms with Crippen LogP contribution in [0.1, 0.15) is 40.0 Å². The summed E-state index contributed by atoms with van der Waals surface area (Å²) >= 11 is 0. The molecule has 0 unspecified atom stereocenters. The number of aliphatic imine (C=N–C) groups is 1. The number of rotatable bonds is 5.